The minimum Gasteiger partial charge on any atom is -0.481 e. The van der Waals surface area contributed by atoms with Gasteiger partial charge in [0, 0.05) is 44.4 Å². The maximum absolute atomic E-state index is 12.6. The number of anilines is 1. The van der Waals surface area contributed by atoms with Gasteiger partial charge in [-0.05, 0) is 77.5 Å². The summed E-state index contributed by atoms with van der Waals surface area (Å²) in [6, 6.07) is 0.201. The number of carboxylic acid groups (broad SMARTS) is 3. The molecule has 342 valence electrons. The van der Waals surface area contributed by atoms with E-state index in [-0.39, 0.29) is 51.4 Å². The molecule has 25 heteroatoms. The molecule has 2 rings (SSSR count). The summed E-state index contributed by atoms with van der Waals surface area (Å²) in [7, 11) is 0. The van der Waals surface area contributed by atoms with Crippen LogP contribution < -0.4 is 31.9 Å². The average Bonchev–Trinajstić information content (AvgIpc) is 3.65. The van der Waals surface area contributed by atoms with Gasteiger partial charge >= 0.3 is 36.1 Å². The largest absolute Gasteiger partial charge is 0.481 e. The normalized spacial score (nSPS) is 12.2. The Labute approximate surface area is 354 Å². The lowest BCUT2D eigenvalue weighted by molar-refractivity contribution is -0.393. The summed E-state index contributed by atoms with van der Waals surface area (Å²) in [4.78, 5) is 104. The van der Waals surface area contributed by atoms with Gasteiger partial charge in [-0.3, -0.25) is 34.4 Å². The highest BCUT2D eigenvalue weighted by Gasteiger charge is 2.28. The van der Waals surface area contributed by atoms with Crippen molar-refractivity contribution >= 4 is 59.0 Å². The predicted molar refractivity (Wildman–Crippen MR) is 217 cm³/mol. The number of carbonyl (C=O) groups excluding carboxylic acids is 4. The number of rotatable bonds is 27. The molecule has 1 heterocycles. The molecule has 0 aliphatic carbocycles. The van der Waals surface area contributed by atoms with Gasteiger partial charge in [-0.1, -0.05) is 0 Å². The number of unbranched alkanes of at least 4 members (excludes halogenated alkanes) is 1. The third kappa shape index (κ3) is 19.3. The molecule has 1 aromatic carbocycles. The smallest absolute Gasteiger partial charge is 0.417 e. The molecule has 25 nitrogen and oxygen atoms in total. The van der Waals surface area contributed by atoms with Crippen LogP contribution in [0.1, 0.15) is 71.8 Å². The van der Waals surface area contributed by atoms with Crippen LogP contribution in [0.25, 0.3) is 0 Å². The van der Waals surface area contributed by atoms with Crippen LogP contribution in [0, 0.1) is 20.2 Å². The van der Waals surface area contributed by atoms with E-state index in [0.717, 1.165) is 18.2 Å². The minimum atomic E-state index is -1.53. The van der Waals surface area contributed by atoms with Gasteiger partial charge in [0.1, 0.15) is 17.8 Å². The Morgan fingerprint density at radius 1 is 0.839 bits per heavy atom. The Kier molecular flexibility index (Phi) is 20.0. The first-order valence-corrected chi connectivity index (χ1v) is 19.2. The van der Waals surface area contributed by atoms with Crippen molar-refractivity contribution in [3.63, 3.8) is 0 Å². The monoisotopic (exact) mass is 879 g/mol. The summed E-state index contributed by atoms with van der Waals surface area (Å²) in [5.74, 6) is -4.59. The highest BCUT2D eigenvalue weighted by Crippen LogP contribution is 2.28. The number of ether oxygens (including phenoxy) is 2. The molecule has 2 atom stereocenters. The van der Waals surface area contributed by atoms with E-state index in [9.17, 15) is 64.0 Å². The number of nitrogens with zero attached hydrogens (tertiary/aromatic N) is 3. The van der Waals surface area contributed by atoms with E-state index < -0.39 is 99.3 Å². The second kappa shape index (κ2) is 24.3. The molecule has 0 unspecified atom stereocenters. The van der Waals surface area contributed by atoms with Gasteiger partial charge in [-0.2, -0.15) is 0 Å². The lowest BCUT2D eigenvalue weighted by atomic mass is 10.0. The Hall–Kier alpha value is -7.05. The summed E-state index contributed by atoms with van der Waals surface area (Å²) >= 11 is 0. The van der Waals surface area contributed by atoms with E-state index in [4.69, 9.17) is 14.6 Å². The van der Waals surface area contributed by atoms with Crippen LogP contribution in [0.5, 0.6) is 0 Å². The molecule has 0 saturated carbocycles. The minimum absolute atomic E-state index is 0.00223. The number of amides is 5. The number of urea groups is 2. The molecule has 0 aliphatic rings. The van der Waals surface area contributed by atoms with Crippen molar-refractivity contribution in [2.24, 2.45) is 0 Å². The molecule has 9 N–H and O–H groups in total. The fraction of sp³-hybridized carbons (Fsp3) is 0.541. The molecular weight excluding hydrogens is 826 g/mol. The number of hydrogen-bond donors (Lipinski definition) is 9. The van der Waals surface area contributed by atoms with Crippen LogP contribution in [-0.2, 0) is 35.1 Å². The van der Waals surface area contributed by atoms with Crippen molar-refractivity contribution in [2.75, 3.05) is 38.2 Å². The van der Waals surface area contributed by atoms with E-state index in [1.165, 1.54) is 17.0 Å². The van der Waals surface area contributed by atoms with Crippen LogP contribution in [0.2, 0.25) is 0 Å². The zero-order valence-corrected chi connectivity index (χ0v) is 34.6. The number of hydrogen-bond acceptors (Lipinski definition) is 14. The summed E-state index contributed by atoms with van der Waals surface area (Å²) in [5.41, 5.74) is -1.97. The molecule has 2 aromatic rings. The SMILES string of the molecule is CC(C)(COC(C)(C)CCOC(=O)n1ccc(CCNC(=O)CNc2ccc([N+](=O)[O-])cc2[N+](=O)[O-])c1)NC(=O)NCCCC[C@H](NC(=O)N[C@@H](CCC(=O)O)C(=O)O)C(=O)O. The highest BCUT2D eigenvalue weighted by atomic mass is 16.6. The first-order valence-electron chi connectivity index (χ1n) is 19.2. The molecule has 0 aliphatic heterocycles. The zero-order chi connectivity index (χ0) is 46.6. The number of aromatic nitrogens is 1. The van der Waals surface area contributed by atoms with Crippen molar-refractivity contribution in [3.05, 3.63) is 62.5 Å². The number of carboxylic acids is 3. The lowest BCUT2D eigenvalue weighted by Gasteiger charge is -2.32. The quantitative estimate of drug-likeness (QED) is 0.0354. The van der Waals surface area contributed by atoms with Crippen molar-refractivity contribution in [2.45, 2.75) is 95.9 Å². The maximum atomic E-state index is 12.6. The van der Waals surface area contributed by atoms with Crippen LogP contribution in [-0.4, -0.2) is 128 Å². The first-order chi connectivity index (χ1) is 29.0. The molecule has 5 amide bonds. The third-order valence-corrected chi connectivity index (χ3v) is 8.79. The van der Waals surface area contributed by atoms with Gasteiger partial charge in [0.2, 0.25) is 5.91 Å². The Balaban J connectivity index is 1.67. The Morgan fingerprint density at radius 3 is 2.11 bits per heavy atom. The third-order valence-electron chi connectivity index (χ3n) is 8.79. The van der Waals surface area contributed by atoms with Crippen LogP contribution in [0.3, 0.4) is 0 Å². The summed E-state index contributed by atoms with van der Waals surface area (Å²) < 4.78 is 12.6. The van der Waals surface area contributed by atoms with E-state index in [1.54, 1.807) is 33.8 Å². The van der Waals surface area contributed by atoms with E-state index >= 15 is 0 Å². The van der Waals surface area contributed by atoms with Crippen LogP contribution >= 0.6 is 0 Å². The Morgan fingerprint density at radius 2 is 1.50 bits per heavy atom. The highest BCUT2D eigenvalue weighted by molar-refractivity contribution is 5.86. The number of carbonyl (C=O) groups is 7. The van der Waals surface area contributed by atoms with Crippen molar-refractivity contribution in [1.82, 2.24) is 31.2 Å². The van der Waals surface area contributed by atoms with E-state index in [1.807, 2.05) is 0 Å². The molecule has 0 bridgehead atoms. The number of benzene rings is 1. The van der Waals surface area contributed by atoms with Crippen LogP contribution in [0.4, 0.5) is 31.4 Å². The Bertz CT molecular complexity index is 1930. The van der Waals surface area contributed by atoms with Gasteiger partial charge in [-0.15, -0.1) is 0 Å². The van der Waals surface area contributed by atoms with Gasteiger partial charge in [-0.25, -0.2) is 24.0 Å². The summed E-state index contributed by atoms with van der Waals surface area (Å²) in [6.45, 7) is 7.13. The van der Waals surface area contributed by atoms with Gasteiger partial charge in [0.25, 0.3) is 11.4 Å². The second-order valence-corrected chi connectivity index (χ2v) is 15.1. The molecule has 0 radical (unpaired) electrons. The van der Waals surface area contributed by atoms with E-state index in [2.05, 4.69) is 31.9 Å². The van der Waals surface area contributed by atoms with Crippen molar-refractivity contribution in [1.29, 1.82) is 0 Å². The van der Waals surface area contributed by atoms with Gasteiger partial charge in [0.05, 0.1) is 46.8 Å². The summed E-state index contributed by atoms with van der Waals surface area (Å²) in [5, 5.41) is 64.5. The first kappa shape index (κ1) is 51.1. The topological polar surface area (TPSA) is 362 Å². The zero-order valence-electron chi connectivity index (χ0n) is 34.6. The molecule has 62 heavy (non-hydrogen) atoms. The maximum Gasteiger partial charge on any atom is 0.417 e. The van der Waals surface area contributed by atoms with Crippen molar-refractivity contribution in [3.8, 4) is 0 Å². The fourth-order valence-electron chi connectivity index (χ4n) is 5.33. The lowest BCUT2D eigenvalue weighted by Crippen LogP contribution is -2.52. The second-order valence-electron chi connectivity index (χ2n) is 15.1. The predicted octanol–water partition coefficient (Wildman–Crippen LogP) is 2.56. The number of aliphatic carboxylic acids is 3. The van der Waals surface area contributed by atoms with Crippen molar-refractivity contribution < 1.29 is 68.2 Å². The molecule has 0 fully saturated rings. The standard InChI is InChI=1S/C37H53N9O16/c1-36(2,43-33(54)39-15-6-5-7-26(31(50)51)41-34(55)42-27(32(52)53)10-11-30(48)49)22-62-37(3,4)14-18-61-35(56)44-17-13-23(21-44)12-16-38-29(47)20-40-25-9-8-24(45(57)58)19-28(25)46(59)60/h8-9,13,17,19,21,26-27,40H,5-7,10-12,14-16,18,20,22H2,1-4H3,(H,38,47)(H,48,49)(H,50,51)(H,52,53)(H2,39,43,54)(H2,41,42,55)/t26-,27-/m0/s1. The van der Waals surface area contributed by atoms with Crippen LogP contribution in [0.15, 0.2) is 36.7 Å². The van der Waals surface area contributed by atoms with Gasteiger partial charge in [0.15, 0.2) is 0 Å². The number of nitro groups is 2. The van der Waals surface area contributed by atoms with E-state index in [0.29, 0.717) is 24.8 Å². The average molecular weight is 880 g/mol. The number of nitro benzene ring substituents is 2. The molecular formula is C37H53N9O16. The molecule has 1 aromatic heterocycles. The fourth-order valence-corrected chi connectivity index (χ4v) is 5.33. The molecule has 0 saturated heterocycles. The number of non-ortho nitro benzene ring substituents is 1. The number of nitrogens with one attached hydrogen (secondary N) is 6. The summed E-state index contributed by atoms with van der Waals surface area (Å²) in [6.07, 6.45) is 2.69. The van der Waals surface area contributed by atoms with Gasteiger partial charge < -0.3 is 56.7 Å². The molecule has 0 spiro atoms.